The van der Waals surface area contributed by atoms with Gasteiger partial charge in [-0.15, -0.1) is 0 Å². The van der Waals surface area contributed by atoms with Gasteiger partial charge in [-0.3, -0.25) is 4.79 Å². The summed E-state index contributed by atoms with van der Waals surface area (Å²) in [7, 11) is 0. The number of fused-ring (bicyclic) bond motifs is 3. The minimum absolute atomic E-state index is 0.150. The fraction of sp³-hybridized carbons (Fsp3) is 0.353. The van der Waals surface area contributed by atoms with Crippen LogP contribution >= 0.6 is 11.6 Å². The zero-order valence-corrected chi connectivity index (χ0v) is 12.0. The first-order valence-corrected chi connectivity index (χ1v) is 7.21. The summed E-state index contributed by atoms with van der Waals surface area (Å²) in [6, 6.07) is 9.98. The minimum Gasteiger partial charge on any atom is -0.294 e. The van der Waals surface area contributed by atoms with Gasteiger partial charge in [-0.2, -0.15) is 0 Å². The quantitative estimate of drug-likeness (QED) is 0.722. The van der Waals surface area contributed by atoms with Crippen LogP contribution in [0.5, 0.6) is 0 Å². The van der Waals surface area contributed by atoms with Crippen molar-refractivity contribution in [3.8, 4) is 0 Å². The maximum Gasteiger partial charge on any atom is 0.167 e. The van der Waals surface area contributed by atoms with Crippen molar-refractivity contribution in [2.75, 3.05) is 0 Å². The number of carbonyl (C=O) groups excluding carboxylic acids is 1. The van der Waals surface area contributed by atoms with Gasteiger partial charge in [-0.1, -0.05) is 43.6 Å². The highest BCUT2D eigenvalue weighted by molar-refractivity contribution is 6.31. The van der Waals surface area contributed by atoms with Crippen molar-refractivity contribution >= 4 is 28.2 Å². The average Bonchev–Trinajstić information content (AvgIpc) is 2.37. The molecule has 1 aliphatic rings. The van der Waals surface area contributed by atoms with E-state index in [1.54, 1.807) is 0 Å². The fourth-order valence-electron chi connectivity index (χ4n) is 3.10. The number of benzene rings is 2. The molecule has 1 nitrogen and oxygen atoms in total. The Hall–Kier alpha value is -1.34. The van der Waals surface area contributed by atoms with Crippen molar-refractivity contribution in [1.82, 2.24) is 0 Å². The highest BCUT2D eigenvalue weighted by atomic mass is 35.5. The van der Waals surface area contributed by atoms with Crippen LogP contribution in [0.1, 0.15) is 36.2 Å². The van der Waals surface area contributed by atoms with Gasteiger partial charge in [0.1, 0.15) is 0 Å². The Bertz CT molecular complexity index is 658. The van der Waals surface area contributed by atoms with Crippen LogP contribution < -0.4 is 0 Å². The van der Waals surface area contributed by atoms with E-state index in [-0.39, 0.29) is 5.92 Å². The topological polar surface area (TPSA) is 17.1 Å². The number of rotatable bonds is 1. The van der Waals surface area contributed by atoms with Crippen molar-refractivity contribution in [2.45, 2.75) is 26.7 Å². The third-order valence-electron chi connectivity index (χ3n) is 4.18. The lowest BCUT2D eigenvalue weighted by atomic mass is 9.76. The summed E-state index contributed by atoms with van der Waals surface area (Å²) in [6.45, 7) is 4.26. The molecule has 0 spiro atoms. The molecule has 0 aliphatic heterocycles. The molecule has 0 fully saturated rings. The van der Waals surface area contributed by atoms with E-state index in [4.69, 9.17) is 11.6 Å². The molecular formula is C17H17ClO. The zero-order chi connectivity index (χ0) is 13.6. The number of hydrogen-bond acceptors (Lipinski definition) is 1. The smallest absolute Gasteiger partial charge is 0.167 e. The predicted molar refractivity (Wildman–Crippen MR) is 79.9 cm³/mol. The van der Waals surface area contributed by atoms with Crippen molar-refractivity contribution in [3.05, 3.63) is 46.5 Å². The first-order chi connectivity index (χ1) is 9.08. The average molecular weight is 273 g/mol. The molecule has 19 heavy (non-hydrogen) atoms. The van der Waals surface area contributed by atoms with Crippen LogP contribution in [0.3, 0.4) is 0 Å². The van der Waals surface area contributed by atoms with E-state index in [0.29, 0.717) is 16.7 Å². The fourth-order valence-corrected chi connectivity index (χ4v) is 3.27. The second-order valence-corrected chi connectivity index (χ2v) is 6.16. The number of Topliss-reactive ketones (excluding diaryl/α,β-unsaturated/α-hetero) is 1. The number of carbonyl (C=O) groups is 1. The van der Waals surface area contributed by atoms with Crippen molar-refractivity contribution < 1.29 is 4.79 Å². The van der Waals surface area contributed by atoms with Gasteiger partial charge in [0.25, 0.3) is 0 Å². The van der Waals surface area contributed by atoms with Gasteiger partial charge in [0.15, 0.2) is 5.78 Å². The van der Waals surface area contributed by atoms with Crippen molar-refractivity contribution in [1.29, 1.82) is 0 Å². The predicted octanol–water partition coefficient (Wildman–Crippen LogP) is 4.89. The highest BCUT2D eigenvalue weighted by Gasteiger charge is 2.30. The Morgan fingerprint density at radius 3 is 2.68 bits per heavy atom. The zero-order valence-electron chi connectivity index (χ0n) is 11.2. The summed E-state index contributed by atoms with van der Waals surface area (Å²) in [6.07, 6.45) is 1.96. The molecule has 0 N–H and O–H groups in total. The Morgan fingerprint density at radius 1 is 1.21 bits per heavy atom. The van der Waals surface area contributed by atoms with E-state index < -0.39 is 0 Å². The van der Waals surface area contributed by atoms with Crippen molar-refractivity contribution in [2.24, 2.45) is 11.8 Å². The maximum atomic E-state index is 12.7. The van der Waals surface area contributed by atoms with E-state index >= 15 is 0 Å². The molecule has 1 aliphatic carbocycles. The molecule has 0 saturated carbocycles. The lowest BCUT2D eigenvalue weighted by Crippen LogP contribution is -2.26. The monoisotopic (exact) mass is 272 g/mol. The standard InChI is InChI=1S/C17H17ClO/c1-10(2)14-8-6-12-4-3-11-5-7-13(18)9-15(11)16(12)17(14)19/h3-5,7,9-10,14H,6,8H2,1-2H3. The molecule has 1 unspecified atom stereocenters. The van der Waals surface area contributed by atoms with E-state index in [0.717, 1.165) is 29.2 Å². The van der Waals surface area contributed by atoms with Crippen LogP contribution in [0.15, 0.2) is 30.3 Å². The van der Waals surface area contributed by atoms with E-state index in [1.165, 1.54) is 5.56 Å². The highest BCUT2D eigenvalue weighted by Crippen LogP contribution is 2.35. The molecule has 0 saturated heterocycles. The van der Waals surface area contributed by atoms with Crippen LogP contribution in [0.4, 0.5) is 0 Å². The molecule has 0 radical (unpaired) electrons. The Kier molecular flexibility index (Phi) is 3.10. The first kappa shape index (κ1) is 12.7. The van der Waals surface area contributed by atoms with Gasteiger partial charge in [-0.05, 0) is 47.2 Å². The molecule has 2 aromatic rings. The van der Waals surface area contributed by atoms with Crippen LogP contribution in [0, 0.1) is 11.8 Å². The first-order valence-electron chi connectivity index (χ1n) is 6.83. The SMILES string of the molecule is CC(C)C1CCc2ccc3ccc(Cl)cc3c2C1=O. The number of ketones is 1. The molecule has 2 heteroatoms. The second kappa shape index (κ2) is 4.64. The maximum absolute atomic E-state index is 12.7. The van der Waals surface area contributed by atoms with Gasteiger partial charge >= 0.3 is 0 Å². The van der Waals surface area contributed by atoms with E-state index in [9.17, 15) is 4.79 Å². The van der Waals surface area contributed by atoms with Crippen molar-refractivity contribution in [3.63, 3.8) is 0 Å². The lowest BCUT2D eigenvalue weighted by Gasteiger charge is -2.27. The van der Waals surface area contributed by atoms with Gasteiger partial charge in [0.2, 0.25) is 0 Å². The second-order valence-electron chi connectivity index (χ2n) is 5.72. The van der Waals surface area contributed by atoms with E-state index in [1.807, 2.05) is 18.2 Å². The largest absolute Gasteiger partial charge is 0.294 e. The number of halogens is 1. The third-order valence-corrected chi connectivity index (χ3v) is 4.42. The summed E-state index contributed by atoms with van der Waals surface area (Å²) in [4.78, 5) is 12.7. The summed E-state index contributed by atoms with van der Waals surface area (Å²) >= 11 is 6.10. The summed E-state index contributed by atoms with van der Waals surface area (Å²) < 4.78 is 0. The van der Waals surface area contributed by atoms with E-state index in [2.05, 4.69) is 26.0 Å². The van der Waals surface area contributed by atoms with Gasteiger partial charge in [0.05, 0.1) is 0 Å². The molecule has 1 atom stereocenters. The summed E-state index contributed by atoms with van der Waals surface area (Å²) in [5, 5.41) is 2.81. The summed E-state index contributed by atoms with van der Waals surface area (Å²) in [5.41, 5.74) is 2.08. The number of aryl methyl sites for hydroxylation is 1. The molecule has 2 aromatic carbocycles. The van der Waals surface area contributed by atoms with Gasteiger partial charge < -0.3 is 0 Å². The van der Waals surface area contributed by atoms with Crippen LogP contribution in [-0.2, 0) is 6.42 Å². The van der Waals surface area contributed by atoms with Gasteiger partial charge in [-0.25, -0.2) is 0 Å². The lowest BCUT2D eigenvalue weighted by molar-refractivity contribution is 0.0866. The molecule has 0 aromatic heterocycles. The molecule has 3 rings (SSSR count). The Balaban J connectivity index is 2.25. The molecule has 0 bridgehead atoms. The molecular weight excluding hydrogens is 256 g/mol. The molecule has 98 valence electrons. The minimum atomic E-state index is 0.150. The Morgan fingerprint density at radius 2 is 1.95 bits per heavy atom. The van der Waals surface area contributed by atoms with Gasteiger partial charge in [0, 0.05) is 16.5 Å². The van der Waals surface area contributed by atoms with Crippen LogP contribution in [-0.4, -0.2) is 5.78 Å². The Labute approximate surface area is 118 Å². The molecule has 0 heterocycles. The normalized spacial score (nSPS) is 18.9. The molecule has 0 amide bonds. The summed E-state index contributed by atoms with van der Waals surface area (Å²) in [5.74, 6) is 0.844. The van der Waals surface area contributed by atoms with Crippen LogP contribution in [0.25, 0.3) is 10.8 Å². The number of hydrogen-bond donors (Lipinski definition) is 0. The van der Waals surface area contributed by atoms with Crippen LogP contribution in [0.2, 0.25) is 5.02 Å². The third kappa shape index (κ3) is 2.06.